The molecule has 3 aromatic heterocycles. The van der Waals surface area contributed by atoms with Crippen molar-refractivity contribution in [1.82, 2.24) is 14.4 Å². The molecule has 146 valence electrons. The van der Waals surface area contributed by atoms with E-state index in [2.05, 4.69) is 15.3 Å². The van der Waals surface area contributed by atoms with Crippen LogP contribution in [-0.4, -0.2) is 26.9 Å². The first-order chi connectivity index (χ1) is 13.5. The minimum Gasteiger partial charge on any atom is -0.491 e. The molecule has 0 unspecified atom stereocenters. The molecule has 1 aliphatic carbocycles. The molecule has 1 N–H and O–H groups in total. The molecule has 0 aliphatic heterocycles. The molecule has 28 heavy (non-hydrogen) atoms. The number of halogens is 3. The average Bonchev–Trinajstić information content (AvgIpc) is 3.47. The van der Waals surface area contributed by atoms with Crippen LogP contribution in [-0.2, 0) is 0 Å². The number of aromatic nitrogens is 3. The van der Waals surface area contributed by atoms with Gasteiger partial charge in [0.05, 0.1) is 12.3 Å². The first-order valence-corrected chi connectivity index (χ1v) is 8.88. The number of imidazole rings is 1. The van der Waals surface area contributed by atoms with Crippen LogP contribution >= 0.6 is 0 Å². The second kappa shape index (κ2) is 7.14. The third-order valence-corrected chi connectivity index (χ3v) is 4.43. The van der Waals surface area contributed by atoms with E-state index in [9.17, 15) is 18.0 Å². The molecule has 0 bridgehead atoms. The van der Waals surface area contributed by atoms with Gasteiger partial charge in [-0.15, -0.1) is 0 Å². The quantitative estimate of drug-likeness (QED) is 0.680. The maximum Gasteiger partial charge on any atom is 0.280 e. The number of carbonyl (C=O) groups excluding carboxylic acids is 1. The van der Waals surface area contributed by atoms with Crippen LogP contribution < -0.4 is 10.1 Å². The normalized spacial score (nSPS) is 13.9. The Balaban J connectivity index is 1.70. The molecular formula is C19H17F3N4O2. The number of rotatable bonds is 6. The van der Waals surface area contributed by atoms with Gasteiger partial charge >= 0.3 is 0 Å². The van der Waals surface area contributed by atoms with Gasteiger partial charge < -0.3 is 10.1 Å². The van der Waals surface area contributed by atoms with Gasteiger partial charge in [-0.3, -0.25) is 9.20 Å². The number of fused-ring (bicyclic) bond motifs is 1. The van der Waals surface area contributed by atoms with Gasteiger partial charge in [-0.2, -0.15) is 4.39 Å². The molecule has 3 aromatic rings. The second-order valence-corrected chi connectivity index (χ2v) is 6.48. The first kappa shape index (κ1) is 18.3. The minimum absolute atomic E-state index is 0.120. The van der Waals surface area contributed by atoms with Gasteiger partial charge in [0.25, 0.3) is 12.3 Å². The number of anilines is 1. The third-order valence-electron chi connectivity index (χ3n) is 4.43. The first-order valence-electron chi connectivity index (χ1n) is 8.88. The highest BCUT2D eigenvalue weighted by Crippen LogP contribution is 2.41. The number of amides is 1. The largest absolute Gasteiger partial charge is 0.491 e. The van der Waals surface area contributed by atoms with Crippen molar-refractivity contribution in [1.29, 1.82) is 0 Å². The number of hydrogen-bond acceptors (Lipinski definition) is 4. The molecule has 0 atom stereocenters. The van der Waals surface area contributed by atoms with Gasteiger partial charge in [0.2, 0.25) is 5.95 Å². The summed E-state index contributed by atoms with van der Waals surface area (Å²) in [5.74, 6) is -0.755. The summed E-state index contributed by atoms with van der Waals surface area (Å²) in [4.78, 5) is 20.5. The smallest absolute Gasteiger partial charge is 0.280 e. The zero-order valence-electron chi connectivity index (χ0n) is 15.0. The van der Waals surface area contributed by atoms with Crippen LogP contribution in [0.2, 0.25) is 0 Å². The van der Waals surface area contributed by atoms with Gasteiger partial charge in [0.15, 0.2) is 0 Å². The highest BCUT2D eigenvalue weighted by atomic mass is 19.3. The fourth-order valence-corrected chi connectivity index (χ4v) is 2.93. The zero-order valence-corrected chi connectivity index (χ0v) is 15.0. The molecule has 4 rings (SSSR count). The molecule has 1 fully saturated rings. The summed E-state index contributed by atoms with van der Waals surface area (Å²) in [5.41, 5.74) is 0.297. The van der Waals surface area contributed by atoms with Crippen LogP contribution in [0.5, 0.6) is 5.75 Å². The lowest BCUT2D eigenvalue weighted by Gasteiger charge is -2.12. The Morgan fingerprint density at radius 1 is 1.36 bits per heavy atom. The van der Waals surface area contributed by atoms with E-state index in [-0.39, 0.29) is 17.3 Å². The summed E-state index contributed by atoms with van der Waals surface area (Å²) in [6, 6.07) is 5.33. The summed E-state index contributed by atoms with van der Waals surface area (Å²) in [6.07, 6.45) is 0.386. The van der Waals surface area contributed by atoms with Crippen LogP contribution in [0.3, 0.4) is 0 Å². The Kier molecular flexibility index (Phi) is 4.66. The molecule has 0 spiro atoms. The van der Waals surface area contributed by atoms with Gasteiger partial charge in [-0.05, 0) is 31.9 Å². The highest BCUT2D eigenvalue weighted by molar-refractivity contribution is 6.03. The van der Waals surface area contributed by atoms with E-state index in [0.717, 1.165) is 18.9 Å². The fraction of sp³-hybridized carbons (Fsp3) is 0.316. The van der Waals surface area contributed by atoms with Crippen LogP contribution in [0.25, 0.3) is 5.65 Å². The lowest BCUT2D eigenvalue weighted by molar-refractivity contribution is 0.101. The zero-order chi connectivity index (χ0) is 19.8. The Bertz CT molecular complexity index is 1050. The van der Waals surface area contributed by atoms with E-state index in [1.165, 1.54) is 28.8 Å². The van der Waals surface area contributed by atoms with Crippen LogP contribution in [0.1, 0.15) is 54.0 Å². The summed E-state index contributed by atoms with van der Waals surface area (Å²) < 4.78 is 47.1. The van der Waals surface area contributed by atoms with Crippen molar-refractivity contribution in [2.24, 2.45) is 0 Å². The molecular weight excluding hydrogens is 373 g/mol. The van der Waals surface area contributed by atoms with Gasteiger partial charge in [-0.1, -0.05) is 6.07 Å². The Labute approximate surface area is 158 Å². The maximum absolute atomic E-state index is 14.7. The number of hydrogen-bond donors (Lipinski definition) is 1. The van der Waals surface area contributed by atoms with E-state index < -0.39 is 24.0 Å². The standard InChI is InChI=1S/C19H17F3N4O2/c1-2-28-14-8-15-25-16(10-6-7-10)18(22)26(15)9-13(14)24-19(27)12-5-3-4-11(23-12)17(20)21/h3-5,8-10,17H,2,6-7H2,1H3,(H,24,27). The molecule has 3 heterocycles. The summed E-state index contributed by atoms with van der Waals surface area (Å²) in [6.45, 7) is 2.09. The SMILES string of the molecule is CCOc1cc2nc(C3CC3)c(F)n2cc1NC(=O)c1cccc(C(F)F)n1. The molecule has 0 radical (unpaired) electrons. The Morgan fingerprint density at radius 3 is 2.82 bits per heavy atom. The van der Waals surface area contributed by atoms with E-state index in [4.69, 9.17) is 4.74 Å². The Morgan fingerprint density at radius 2 is 2.14 bits per heavy atom. The lowest BCUT2D eigenvalue weighted by atomic mass is 10.2. The van der Waals surface area contributed by atoms with Crippen molar-refractivity contribution in [2.45, 2.75) is 32.1 Å². The highest BCUT2D eigenvalue weighted by Gasteiger charge is 2.31. The summed E-state index contributed by atoms with van der Waals surface area (Å²) in [7, 11) is 0. The van der Waals surface area contributed by atoms with Crippen molar-refractivity contribution < 1.29 is 22.7 Å². The van der Waals surface area contributed by atoms with Gasteiger partial charge in [-0.25, -0.2) is 18.7 Å². The van der Waals surface area contributed by atoms with E-state index in [0.29, 0.717) is 23.7 Å². The predicted molar refractivity (Wildman–Crippen MR) is 95.4 cm³/mol. The van der Waals surface area contributed by atoms with Gasteiger partial charge in [0.1, 0.15) is 28.5 Å². The van der Waals surface area contributed by atoms with Gasteiger partial charge in [0, 0.05) is 18.2 Å². The molecule has 0 saturated heterocycles. The third kappa shape index (κ3) is 3.39. The fourth-order valence-electron chi connectivity index (χ4n) is 2.93. The van der Waals surface area contributed by atoms with E-state index in [1.54, 1.807) is 6.92 Å². The summed E-state index contributed by atoms with van der Waals surface area (Å²) in [5, 5.41) is 2.56. The topological polar surface area (TPSA) is 68.5 Å². The minimum atomic E-state index is -2.79. The maximum atomic E-state index is 14.7. The Hall–Kier alpha value is -3.10. The van der Waals surface area contributed by atoms with Crippen LogP contribution in [0.4, 0.5) is 18.9 Å². The van der Waals surface area contributed by atoms with Crippen molar-refractivity contribution in [3.8, 4) is 5.75 Å². The average molecular weight is 390 g/mol. The molecule has 1 aliphatic rings. The summed E-state index contributed by atoms with van der Waals surface area (Å²) >= 11 is 0. The van der Waals surface area contributed by atoms with E-state index in [1.807, 2.05) is 0 Å². The lowest BCUT2D eigenvalue weighted by Crippen LogP contribution is -2.16. The number of carbonyl (C=O) groups is 1. The number of nitrogens with one attached hydrogen (secondary N) is 1. The number of nitrogens with zero attached hydrogens (tertiary/aromatic N) is 3. The van der Waals surface area contributed by atoms with Crippen LogP contribution in [0, 0.1) is 5.95 Å². The van der Waals surface area contributed by atoms with Crippen molar-refractivity contribution >= 4 is 17.2 Å². The molecule has 1 amide bonds. The number of ether oxygens (including phenoxy) is 1. The van der Waals surface area contributed by atoms with E-state index >= 15 is 0 Å². The molecule has 9 heteroatoms. The monoisotopic (exact) mass is 390 g/mol. The number of pyridine rings is 2. The van der Waals surface area contributed by atoms with Crippen molar-refractivity contribution in [3.05, 3.63) is 53.5 Å². The predicted octanol–water partition coefficient (Wildman–Crippen LogP) is 4.33. The second-order valence-electron chi connectivity index (χ2n) is 6.48. The number of alkyl halides is 2. The molecule has 0 aromatic carbocycles. The van der Waals surface area contributed by atoms with Crippen LogP contribution in [0.15, 0.2) is 30.5 Å². The van der Waals surface area contributed by atoms with Crippen molar-refractivity contribution in [2.75, 3.05) is 11.9 Å². The van der Waals surface area contributed by atoms with Crippen molar-refractivity contribution in [3.63, 3.8) is 0 Å². The molecule has 6 nitrogen and oxygen atoms in total. The molecule has 1 saturated carbocycles.